The normalized spacial score (nSPS) is 12.3. The summed E-state index contributed by atoms with van der Waals surface area (Å²) in [6.45, 7) is 3.04. The quantitative estimate of drug-likeness (QED) is 0.502. The van der Waals surface area contributed by atoms with Crippen molar-refractivity contribution in [3.8, 4) is 11.4 Å². The Morgan fingerprint density at radius 3 is 2.62 bits per heavy atom. The van der Waals surface area contributed by atoms with Crippen LogP contribution in [-0.4, -0.2) is 43.3 Å². The highest BCUT2D eigenvalue weighted by Gasteiger charge is 2.30. The Kier molecular flexibility index (Phi) is 6.37. The number of rotatable bonds is 7. The van der Waals surface area contributed by atoms with Crippen LogP contribution in [0.2, 0.25) is 0 Å². The molecule has 4 N–H and O–H groups in total. The van der Waals surface area contributed by atoms with Gasteiger partial charge in [0.1, 0.15) is 23.4 Å². The van der Waals surface area contributed by atoms with Gasteiger partial charge in [-0.3, -0.25) is 9.59 Å². The van der Waals surface area contributed by atoms with Crippen molar-refractivity contribution >= 4 is 23.5 Å². The van der Waals surface area contributed by atoms with E-state index in [4.69, 9.17) is 5.73 Å². The lowest BCUT2D eigenvalue weighted by Crippen LogP contribution is -2.37. The van der Waals surface area contributed by atoms with Gasteiger partial charge in [0.25, 0.3) is 0 Å². The van der Waals surface area contributed by atoms with Gasteiger partial charge in [-0.2, -0.15) is 13.2 Å². The Bertz CT molecular complexity index is 1150. The van der Waals surface area contributed by atoms with Gasteiger partial charge in [0.15, 0.2) is 0 Å². The molecule has 1 atom stereocenters. The van der Waals surface area contributed by atoms with Crippen molar-refractivity contribution in [1.29, 1.82) is 0 Å². The standard InChI is InChI=1S/C19H19F3N8O2/c1-10-5-13(14-9-30(29-28-14)11(2)18(32)25-8-15(23)31)26-17(6-10)27-16-7-12(3-4-24-16)19(20,21)22/h3-7,9,11H,8H2,1-2H3,(H2,23,31)(H,25,32)(H,24,26,27). The first-order valence-electron chi connectivity index (χ1n) is 9.30. The number of carbonyl (C=O) groups is 2. The average Bonchev–Trinajstić information content (AvgIpc) is 3.21. The number of alkyl halides is 3. The number of carbonyl (C=O) groups excluding carboxylic acids is 2. The molecule has 2 amide bonds. The number of anilines is 2. The van der Waals surface area contributed by atoms with E-state index >= 15 is 0 Å². The maximum Gasteiger partial charge on any atom is 0.416 e. The predicted molar refractivity (Wildman–Crippen MR) is 107 cm³/mol. The minimum atomic E-state index is -4.50. The third-order valence-electron chi connectivity index (χ3n) is 4.30. The summed E-state index contributed by atoms with van der Waals surface area (Å²) in [4.78, 5) is 31.2. The van der Waals surface area contributed by atoms with Crippen molar-refractivity contribution in [2.24, 2.45) is 5.73 Å². The van der Waals surface area contributed by atoms with Gasteiger partial charge >= 0.3 is 6.18 Å². The highest BCUT2D eigenvalue weighted by atomic mass is 19.4. The summed E-state index contributed by atoms with van der Waals surface area (Å²) in [7, 11) is 0. The van der Waals surface area contributed by atoms with Crippen molar-refractivity contribution in [2.45, 2.75) is 26.1 Å². The Balaban J connectivity index is 1.81. The molecule has 3 aromatic rings. The molecule has 10 nitrogen and oxygen atoms in total. The Hall–Kier alpha value is -4.03. The second-order valence-electron chi connectivity index (χ2n) is 6.91. The summed E-state index contributed by atoms with van der Waals surface area (Å²) < 4.78 is 40.1. The van der Waals surface area contributed by atoms with Crippen molar-refractivity contribution in [1.82, 2.24) is 30.3 Å². The zero-order chi connectivity index (χ0) is 23.5. The van der Waals surface area contributed by atoms with Crippen LogP contribution in [0.3, 0.4) is 0 Å². The van der Waals surface area contributed by atoms with Crippen LogP contribution in [0.25, 0.3) is 11.4 Å². The molecule has 0 aromatic carbocycles. The maximum atomic E-state index is 12.9. The number of hydrogen-bond acceptors (Lipinski definition) is 7. The zero-order valence-electron chi connectivity index (χ0n) is 17.0. The van der Waals surface area contributed by atoms with Crippen LogP contribution in [0, 0.1) is 6.92 Å². The molecule has 0 aliphatic rings. The lowest BCUT2D eigenvalue weighted by molar-refractivity contribution is -0.137. The smallest absolute Gasteiger partial charge is 0.368 e. The van der Waals surface area contributed by atoms with Crippen molar-refractivity contribution in [3.63, 3.8) is 0 Å². The predicted octanol–water partition coefficient (Wildman–Crippen LogP) is 1.97. The highest BCUT2D eigenvalue weighted by Crippen LogP contribution is 2.30. The van der Waals surface area contributed by atoms with Gasteiger partial charge in [0.05, 0.1) is 24.0 Å². The van der Waals surface area contributed by atoms with E-state index in [2.05, 4.69) is 30.9 Å². The number of nitrogens with two attached hydrogens (primary N) is 1. The van der Waals surface area contributed by atoms with E-state index in [0.717, 1.165) is 23.9 Å². The maximum absolute atomic E-state index is 12.9. The van der Waals surface area contributed by atoms with E-state index < -0.39 is 29.6 Å². The molecule has 13 heteroatoms. The molecule has 3 aromatic heterocycles. The van der Waals surface area contributed by atoms with Crippen LogP contribution >= 0.6 is 0 Å². The molecule has 0 saturated carbocycles. The van der Waals surface area contributed by atoms with E-state index in [1.807, 2.05) is 0 Å². The van der Waals surface area contributed by atoms with Crippen LogP contribution in [0.1, 0.15) is 24.1 Å². The van der Waals surface area contributed by atoms with Crippen LogP contribution in [0.4, 0.5) is 24.8 Å². The molecule has 0 aliphatic heterocycles. The summed E-state index contributed by atoms with van der Waals surface area (Å²) in [5, 5.41) is 13.1. The second kappa shape index (κ2) is 8.99. The van der Waals surface area contributed by atoms with Gasteiger partial charge in [-0.15, -0.1) is 5.10 Å². The molecule has 0 spiro atoms. The fraction of sp³-hybridized carbons (Fsp3) is 0.263. The fourth-order valence-electron chi connectivity index (χ4n) is 2.69. The minimum Gasteiger partial charge on any atom is -0.368 e. The van der Waals surface area contributed by atoms with E-state index in [1.165, 1.54) is 10.9 Å². The monoisotopic (exact) mass is 448 g/mol. The third-order valence-corrected chi connectivity index (χ3v) is 4.30. The topological polar surface area (TPSA) is 141 Å². The van der Waals surface area contributed by atoms with Crippen LogP contribution < -0.4 is 16.4 Å². The number of nitrogens with zero attached hydrogens (tertiary/aromatic N) is 5. The summed E-state index contributed by atoms with van der Waals surface area (Å²) in [6.07, 6.45) is -1.95. The molecule has 3 heterocycles. The van der Waals surface area contributed by atoms with E-state index in [-0.39, 0.29) is 18.2 Å². The summed E-state index contributed by atoms with van der Waals surface area (Å²) >= 11 is 0. The van der Waals surface area contributed by atoms with Gasteiger partial charge in [0.2, 0.25) is 11.8 Å². The molecule has 1 unspecified atom stereocenters. The highest BCUT2D eigenvalue weighted by molar-refractivity contribution is 5.85. The molecule has 32 heavy (non-hydrogen) atoms. The van der Waals surface area contributed by atoms with Gasteiger partial charge in [-0.1, -0.05) is 5.21 Å². The first-order chi connectivity index (χ1) is 15.0. The molecular weight excluding hydrogens is 429 g/mol. The van der Waals surface area contributed by atoms with Gasteiger partial charge < -0.3 is 16.4 Å². The van der Waals surface area contributed by atoms with Gasteiger partial charge in [0, 0.05) is 6.20 Å². The van der Waals surface area contributed by atoms with Crippen LogP contribution in [0.15, 0.2) is 36.7 Å². The molecule has 3 rings (SSSR count). The number of aromatic nitrogens is 5. The number of hydrogen-bond donors (Lipinski definition) is 3. The number of amides is 2. The zero-order valence-corrected chi connectivity index (χ0v) is 17.0. The first kappa shape index (κ1) is 22.7. The molecule has 0 fully saturated rings. The van der Waals surface area contributed by atoms with Crippen molar-refractivity contribution < 1.29 is 22.8 Å². The molecule has 0 radical (unpaired) electrons. The SMILES string of the molecule is Cc1cc(Nc2cc(C(F)(F)F)ccn2)nc(-c2cn(C(C)C(=O)NCC(N)=O)nn2)c1. The lowest BCUT2D eigenvalue weighted by Gasteiger charge is -2.11. The molecular formula is C19H19F3N8O2. The summed E-state index contributed by atoms with van der Waals surface area (Å²) in [5.74, 6) is -0.916. The second-order valence-corrected chi connectivity index (χ2v) is 6.91. The Labute approximate surface area is 180 Å². The first-order valence-corrected chi connectivity index (χ1v) is 9.30. The van der Waals surface area contributed by atoms with Gasteiger partial charge in [-0.05, 0) is 43.7 Å². The van der Waals surface area contributed by atoms with E-state index in [1.54, 1.807) is 26.0 Å². The van der Waals surface area contributed by atoms with Gasteiger partial charge in [-0.25, -0.2) is 14.6 Å². The van der Waals surface area contributed by atoms with Crippen LogP contribution in [-0.2, 0) is 15.8 Å². The Morgan fingerprint density at radius 1 is 1.19 bits per heavy atom. The summed E-state index contributed by atoms with van der Waals surface area (Å²) in [6, 6.07) is 4.32. The average molecular weight is 448 g/mol. The molecule has 0 bridgehead atoms. The van der Waals surface area contributed by atoms with Crippen LogP contribution in [0.5, 0.6) is 0 Å². The number of pyridine rings is 2. The fourth-order valence-corrected chi connectivity index (χ4v) is 2.69. The number of aryl methyl sites for hydroxylation is 1. The minimum absolute atomic E-state index is 0.0210. The molecule has 168 valence electrons. The number of halogens is 3. The van der Waals surface area contributed by atoms with Crippen molar-refractivity contribution in [2.75, 3.05) is 11.9 Å². The Morgan fingerprint density at radius 2 is 1.94 bits per heavy atom. The number of primary amides is 1. The van der Waals surface area contributed by atoms with E-state index in [0.29, 0.717) is 11.4 Å². The molecule has 0 aliphatic carbocycles. The van der Waals surface area contributed by atoms with E-state index in [9.17, 15) is 22.8 Å². The largest absolute Gasteiger partial charge is 0.416 e. The van der Waals surface area contributed by atoms with Crippen molar-refractivity contribution in [3.05, 3.63) is 47.8 Å². The summed E-state index contributed by atoms with van der Waals surface area (Å²) in [5.41, 5.74) is 5.65. The number of nitrogens with one attached hydrogen (secondary N) is 2. The third kappa shape index (κ3) is 5.56. The molecule has 0 saturated heterocycles. The lowest BCUT2D eigenvalue weighted by atomic mass is 10.2.